The van der Waals surface area contributed by atoms with E-state index in [0.717, 1.165) is 60.8 Å². The van der Waals surface area contributed by atoms with Gasteiger partial charge in [-0.3, -0.25) is 4.90 Å². The average molecular weight is 467 g/mol. The van der Waals surface area contributed by atoms with E-state index in [1.54, 1.807) is 0 Å². The summed E-state index contributed by atoms with van der Waals surface area (Å²) in [6, 6.07) is 12.0. The molecule has 3 aromatic heterocycles. The molecule has 1 aliphatic heterocycles. The van der Waals surface area contributed by atoms with Crippen LogP contribution >= 0.6 is 12.4 Å². The van der Waals surface area contributed by atoms with E-state index >= 15 is 0 Å². The van der Waals surface area contributed by atoms with Crippen LogP contribution in [-0.4, -0.2) is 62.6 Å². The predicted molar refractivity (Wildman–Crippen MR) is 131 cm³/mol. The van der Waals surface area contributed by atoms with E-state index in [0.29, 0.717) is 18.4 Å². The first-order valence-electron chi connectivity index (χ1n) is 10.9. The maximum atomic E-state index is 5.49. The topological polar surface area (TPSA) is 104 Å². The van der Waals surface area contributed by atoms with E-state index in [9.17, 15) is 0 Å². The van der Waals surface area contributed by atoms with Crippen LogP contribution in [0.25, 0.3) is 22.3 Å². The van der Waals surface area contributed by atoms with Gasteiger partial charge in [0.05, 0.1) is 23.3 Å². The molecule has 5 rings (SSSR count). The highest BCUT2D eigenvalue weighted by molar-refractivity contribution is 5.85. The third kappa shape index (κ3) is 5.57. The molecule has 172 valence electrons. The minimum Gasteiger partial charge on any atom is -0.478 e. The molecule has 1 aliphatic rings. The van der Waals surface area contributed by atoms with Gasteiger partial charge in [0, 0.05) is 50.6 Å². The Labute approximate surface area is 198 Å². The molecule has 1 saturated heterocycles. The lowest BCUT2D eigenvalue weighted by molar-refractivity contribution is 0.233. The molecule has 0 unspecified atom stereocenters. The maximum absolute atomic E-state index is 5.49. The standard InChI is InChI=1S/C23H26N8O.ClH/c1-2-32-22-13-19(26-15-27-22)17-3-4-18-20(12-17)29-23(28-18)30-21-11-16(5-6-25-21)14-31-9-7-24-8-10-31;/h3-6,11-13,15,24H,2,7-10,14H2,1H3,(H2,25,28,29,30);1H. The number of H-pyrrole nitrogens is 1. The molecule has 0 saturated carbocycles. The van der Waals surface area contributed by atoms with Gasteiger partial charge in [-0.25, -0.2) is 19.9 Å². The Hall–Kier alpha value is -3.27. The number of halogens is 1. The van der Waals surface area contributed by atoms with E-state index in [-0.39, 0.29) is 12.4 Å². The van der Waals surface area contributed by atoms with Crippen molar-refractivity contribution in [2.24, 2.45) is 0 Å². The van der Waals surface area contributed by atoms with Crippen molar-refractivity contribution in [3.63, 3.8) is 0 Å². The summed E-state index contributed by atoms with van der Waals surface area (Å²) < 4.78 is 5.49. The molecular formula is C23H27ClN8O. The van der Waals surface area contributed by atoms with E-state index in [2.05, 4.69) is 52.6 Å². The minimum absolute atomic E-state index is 0. The molecule has 0 amide bonds. The monoisotopic (exact) mass is 466 g/mol. The molecule has 33 heavy (non-hydrogen) atoms. The van der Waals surface area contributed by atoms with Gasteiger partial charge >= 0.3 is 0 Å². The molecule has 0 radical (unpaired) electrons. The fourth-order valence-corrected chi connectivity index (χ4v) is 3.84. The quantitative estimate of drug-likeness (QED) is 0.381. The van der Waals surface area contributed by atoms with Crippen molar-refractivity contribution in [2.45, 2.75) is 13.5 Å². The molecule has 4 aromatic rings. The van der Waals surface area contributed by atoms with Crippen molar-refractivity contribution in [2.75, 3.05) is 38.1 Å². The fraction of sp³-hybridized carbons (Fsp3) is 0.304. The van der Waals surface area contributed by atoms with Crippen LogP contribution in [0.3, 0.4) is 0 Å². The normalized spacial score (nSPS) is 14.1. The van der Waals surface area contributed by atoms with E-state index in [1.807, 2.05) is 37.4 Å². The molecule has 0 spiro atoms. The van der Waals surface area contributed by atoms with Gasteiger partial charge in [-0.15, -0.1) is 12.4 Å². The Kier molecular flexibility index (Phi) is 7.33. The molecular weight excluding hydrogens is 440 g/mol. The van der Waals surface area contributed by atoms with Gasteiger partial charge < -0.3 is 20.4 Å². The largest absolute Gasteiger partial charge is 0.478 e. The average Bonchev–Trinajstić information content (AvgIpc) is 3.22. The van der Waals surface area contributed by atoms with Crippen molar-refractivity contribution in [1.29, 1.82) is 0 Å². The number of ether oxygens (including phenoxy) is 1. The Balaban J connectivity index is 0.00000259. The number of aromatic amines is 1. The second-order valence-corrected chi connectivity index (χ2v) is 7.69. The van der Waals surface area contributed by atoms with Gasteiger partial charge in [-0.2, -0.15) is 0 Å². The van der Waals surface area contributed by atoms with Gasteiger partial charge in [-0.05, 0) is 36.8 Å². The number of nitrogens with one attached hydrogen (secondary N) is 3. The number of hydrogen-bond donors (Lipinski definition) is 3. The summed E-state index contributed by atoms with van der Waals surface area (Å²) in [6.07, 6.45) is 3.36. The molecule has 0 bridgehead atoms. The van der Waals surface area contributed by atoms with Crippen LogP contribution < -0.4 is 15.4 Å². The second kappa shape index (κ2) is 10.6. The van der Waals surface area contributed by atoms with Gasteiger partial charge in [0.1, 0.15) is 12.1 Å². The third-order valence-electron chi connectivity index (χ3n) is 5.40. The zero-order valence-electron chi connectivity index (χ0n) is 18.4. The number of pyridine rings is 1. The summed E-state index contributed by atoms with van der Waals surface area (Å²) in [4.78, 5) is 23.4. The minimum atomic E-state index is 0. The van der Waals surface area contributed by atoms with Crippen molar-refractivity contribution >= 4 is 35.2 Å². The molecule has 1 aromatic carbocycles. The predicted octanol–water partition coefficient (Wildman–Crippen LogP) is 3.38. The smallest absolute Gasteiger partial charge is 0.216 e. The van der Waals surface area contributed by atoms with E-state index in [4.69, 9.17) is 4.74 Å². The second-order valence-electron chi connectivity index (χ2n) is 7.69. The number of piperazine rings is 1. The maximum Gasteiger partial charge on any atom is 0.216 e. The Bertz CT molecular complexity index is 1210. The van der Waals surface area contributed by atoms with Gasteiger partial charge in [0.25, 0.3) is 0 Å². The number of hydrogen-bond acceptors (Lipinski definition) is 8. The molecule has 10 heteroatoms. The van der Waals surface area contributed by atoms with Crippen molar-refractivity contribution in [3.8, 4) is 17.1 Å². The zero-order chi connectivity index (χ0) is 21.8. The zero-order valence-corrected chi connectivity index (χ0v) is 19.2. The summed E-state index contributed by atoms with van der Waals surface area (Å²) >= 11 is 0. The van der Waals surface area contributed by atoms with Gasteiger partial charge in [-0.1, -0.05) is 6.07 Å². The first kappa shape index (κ1) is 22.9. The number of aromatic nitrogens is 5. The van der Waals surface area contributed by atoms with Crippen LogP contribution in [0.4, 0.5) is 11.8 Å². The van der Waals surface area contributed by atoms with Crippen LogP contribution in [0, 0.1) is 0 Å². The molecule has 0 atom stereocenters. The summed E-state index contributed by atoms with van der Waals surface area (Å²) in [5.41, 5.74) is 4.78. The van der Waals surface area contributed by atoms with Crippen molar-refractivity contribution < 1.29 is 4.74 Å². The number of imidazole rings is 1. The first-order chi connectivity index (χ1) is 15.8. The summed E-state index contributed by atoms with van der Waals surface area (Å²) in [5.74, 6) is 1.99. The summed E-state index contributed by atoms with van der Waals surface area (Å²) in [7, 11) is 0. The lowest BCUT2D eigenvalue weighted by Gasteiger charge is -2.27. The van der Waals surface area contributed by atoms with Gasteiger partial charge in [0.2, 0.25) is 11.8 Å². The third-order valence-corrected chi connectivity index (χ3v) is 5.40. The molecule has 9 nitrogen and oxygen atoms in total. The lowest BCUT2D eigenvalue weighted by atomic mass is 10.1. The molecule has 4 heterocycles. The van der Waals surface area contributed by atoms with Crippen LogP contribution in [0.1, 0.15) is 12.5 Å². The summed E-state index contributed by atoms with van der Waals surface area (Å²) in [5, 5.41) is 6.69. The summed E-state index contributed by atoms with van der Waals surface area (Å²) in [6.45, 7) is 7.63. The molecule has 0 aliphatic carbocycles. The highest BCUT2D eigenvalue weighted by Crippen LogP contribution is 2.25. The lowest BCUT2D eigenvalue weighted by Crippen LogP contribution is -2.42. The van der Waals surface area contributed by atoms with Crippen LogP contribution in [0.15, 0.2) is 48.9 Å². The number of rotatable bonds is 7. The fourth-order valence-electron chi connectivity index (χ4n) is 3.84. The van der Waals surface area contributed by atoms with Crippen molar-refractivity contribution in [3.05, 3.63) is 54.5 Å². The Morgan fingerprint density at radius 2 is 1.94 bits per heavy atom. The van der Waals surface area contributed by atoms with Crippen LogP contribution in [0.2, 0.25) is 0 Å². The van der Waals surface area contributed by atoms with Crippen molar-refractivity contribution in [1.82, 2.24) is 35.1 Å². The highest BCUT2D eigenvalue weighted by atomic mass is 35.5. The Morgan fingerprint density at radius 3 is 2.79 bits per heavy atom. The van der Waals surface area contributed by atoms with Crippen LogP contribution in [-0.2, 0) is 6.54 Å². The number of anilines is 2. The molecule has 1 fully saturated rings. The number of fused-ring (bicyclic) bond motifs is 1. The number of benzene rings is 1. The van der Waals surface area contributed by atoms with E-state index in [1.165, 1.54) is 11.9 Å². The number of nitrogens with zero attached hydrogens (tertiary/aromatic N) is 5. The Morgan fingerprint density at radius 1 is 1.06 bits per heavy atom. The van der Waals surface area contributed by atoms with Gasteiger partial charge in [0.15, 0.2) is 0 Å². The highest BCUT2D eigenvalue weighted by Gasteiger charge is 2.11. The van der Waals surface area contributed by atoms with Crippen LogP contribution in [0.5, 0.6) is 5.88 Å². The van der Waals surface area contributed by atoms with E-state index < -0.39 is 0 Å². The SMILES string of the molecule is CCOc1cc(-c2ccc3nc(Nc4cc(CN5CCNCC5)ccn4)[nH]c3c2)ncn1.Cl. The first-order valence-corrected chi connectivity index (χ1v) is 10.9. The molecule has 3 N–H and O–H groups in total.